The van der Waals surface area contributed by atoms with Crippen LogP contribution in [0.4, 0.5) is 5.69 Å². The molecule has 32 heavy (non-hydrogen) atoms. The molecule has 1 aliphatic heterocycles. The first kappa shape index (κ1) is 22.6. The van der Waals surface area contributed by atoms with Crippen LogP contribution in [0, 0.1) is 5.92 Å². The molecule has 0 atom stereocenters. The Morgan fingerprint density at radius 2 is 1.44 bits per heavy atom. The first-order chi connectivity index (χ1) is 15.7. The van der Waals surface area contributed by atoms with Gasteiger partial charge in [0, 0.05) is 37.7 Å². The highest BCUT2D eigenvalue weighted by Crippen LogP contribution is 2.34. The second-order valence-corrected chi connectivity index (χ2v) is 9.32. The first-order valence-electron chi connectivity index (χ1n) is 12.4. The number of carbonyl (C=O) groups excluding carboxylic acids is 2. The zero-order valence-electron chi connectivity index (χ0n) is 19.2. The van der Waals surface area contributed by atoms with Crippen molar-refractivity contribution in [2.24, 2.45) is 5.92 Å². The van der Waals surface area contributed by atoms with Gasteiger partial charge < -0.3 is 9.80 Å². The Morgan fingerprint density at radius 3 is 2.19 bits per heavy atom. The zero-order chi connectivity index (χ0) is 22.2. The lowest BCUT2D eigenvalue weighted by molar-refractivity contribution is -0.131. The highest BCUT2D eigenvalue weighted by molar-refractivity contribution is 5.97. The van der Waals surface area contributed by atoms with Gasteiger partial charge in [0.1, 0.15) is 0 Å². The van der Waals surface area contributed by atoms with E-state index in [1.54, 1.807) is 0 Å². The third-order valence-electron chi connectivity index (χ3n) is 6.72. The molecule has 0 aromatic heterocycles. The Hall–Kier alpha value is -2.62. The summed E-state index contributed by atoms with van der Waals surface area (Å²) >= 11 is 0. The molecule has 4 nitrogen and oxygen atoms in total. The SMILES string of the molecule is O=C(CCc1ccccc1)N1CCCCCCCCN(C(=O)C2CC2)c2ccccc2C1. The van der Waals surface area contributed by atoms with Crippen molar-refractivity contribution in [3.8, 4) is 0 Å². The van der Waals surface area contributed by atoms with Crippen molar-refractivity contribution < 1.29 is 9.59 Å². The van der Waals surface area contributed by atoms with Crippen molar-refractivity contribution in [3.05, 3.63) is 65.7 Å². The van der Waals surface area contributed by atoms with Gasteiger partial charge in [0.15, 0.2) is 0 Å². The molecule has 1 saturated carbocycles. The van der Waals surface area contributed by atoms with E-state index in [1.165, 1.54) is 18.4 Å². The van der Waals surface area contributed by atoms with Crippen LogP contribution < -0.4 is 4.90 Å². The predicted octanol–water partition coefficient (Wildman–Crippen LogP) is 5.75. The average molecular weight is 433 g/mol. The summed E-state index contributed by atoms with van der Waals surface area (Å²) in [6, 6.07) is 18.5. The fourth-order valence-corrected chi connectivity index (χ4v) is 4.64. The van der Waals surface area contributed by atoms with E-state index in [0.29, 0.717) is 13.0 Å². The van der Waals surface area contributed by atoms with Crippen LogP contribution in [0.25, 0.3) is 0 Å². The summed E-state index contributed by atoms with van der Waals surface area (Å²) in [6.07, 6.45) is 10.1. The molecule has 0 N–H and O–H groups in total. The second kappa shape index (κ2) is 11.3. The van der Waals surface area contributed by atoms with Gasteiger partial charge in [-0.3, -0.25) is 9.59 Å². The van der Waals surface area contributed by atoms with Crippen LogP contribution in [0.2, 0.25) is 0 Å². The molecular formula is C28H36N2O2. The number of anilines is 1. The maximum absolute atomic E-state index is 13.2. The van der Waals surface area contributed by atoms with Crippen molar-refractivity contribution in [2.45, 2.75) is 70.8 Å². The molecule has 4 heteroatoms. The van der Waals surface area contributed by atoms with Gasteiger partial charge in [-0.15, -0.1) is 0 Å². The van der Waals surface area contributed by atoms with E-state index in [9.17, 15) is 9.59 Å². The van der Waals surface area contributed by atoms with Crippen molar-refractivity contribution >= 4 is 17.5 Å². The van der Waals surface area contributed by atoms with E-state index in [2.05, 4.69) is 24.3 Å². The molecule has 2 aromatic rings. The second-order valence-electron chi connectivity index (χ2n) is 9.32. The molecule has 0 spiro atoms. The standard InChI is InChI=1S/C28H36N2O2/c31-27(19-16-23-12-6-5-7-13-23)29-20-10-3-1-2-4-11-21-30(28(32)24-17-18-24)26-15-9-8-14-25(26)22-29/h5-9,12-15,24H,1-4,10-11,16-22H2. The summed E-state index contributed by atoms with van der Waals surface area (Å²) in [7, 11) is 0. The molecular weight excluding hydrogens is 396 g/mol. The smallest absolute Gasteiger partial charge is 0.230 e. The highest BCUT2D eigenvalue weighted by atomic mass is 16.2. The van der Waals surface area contributed by atoms with Gasteiger partial charge in [-0.1, -0.05) is 74.2 Å². The van der Waals surface area contributed by atoms with E-state index in [0.717, 1.165) is 69.3 Å². The van der Waals surface area contributed by atoms with E-state index >= 15 is 0 Å². The number of aryl methyl sites for hydroxylation is 1. The number of amides is 2. The van der Waals surface area contributed by atoms with E-state index in [4.69, 9.17) is 0 Å². The summed E-state index contributed by atoms with van der Waals surface area (Å²) in [6.45, 7) is 2.16. The van der Waals surface area contributed by atoms with Crippen LogP contribution in [-0.4, -0.2) is 29.8 Å². The third kappa shape index (κ3) is 6.21. The number of hydrogen-bond acceptors (Lipinski definition) is 2. The minimum atomic E-state index is 0.197. The van der Waals surface area contributed by atoms with Gasteiger partial charge in [0.05, 0.1) is 0 Å². The quantitative estimate of drug-likeness (QED) is 0.618. The number of hydrogen-bond donors (Lipinski definition) is 0. The molecule has 4 rings (SSSR count). The molecule has 0 bridgehead atoms. The lowest BCUT2D eigenvalue weighted by atomic mass is 10.1. The van der Waals surface area contributed by atoms with Crippen molar-refractivity contribution in [2.75, 3.05) is 18.0 Å². The fraction of sp³-hybridized carbons (Fsp3) is 0.500. The minimum Gasteiger partial charge on any atom is -0.338 e. The Bertz CT molecular complexity index is 891. The normalized spacial score (nSPS) is 18.1. The Labute approximate surface area is 192 Å². The van der Waals surface area contributed by atoms with Crippen LogP contribution >= 0.6 is 0 Å². The highest BCUT2D eigenvalue weighted by Gasteiger charge is 2.34. The van der Waals surface area contributed by atoms with Gasteiger partial charge in [-0.2, -0.15) is 0 Å². The average Bonchev–Trinajstić information content (AvgIpc) is 3.66. The number of carbonyl (C=O) groups is 2. The maximum Gasteiger partial charge on any atom is 0.230 e. The number of benzene rings is 2. The molecule has 1 heterocycles. The zero-order valence-corrected chi connectivity index (χ0v) is 19.2. The molecule has 2 amide bonds. The molecule has 0 saturated heterocycles. The van der Waals surface area contributed by atoms with Crippen LogP contribution in [-0.2, 0) is 22.6 Å². The van der Waals surface area contributed by atoms with Gasteiger partial charge >= 0.3 is 0 Å². The molecule has 0 unspecified atom stereocenters. The third-order valence-corrected chi connectivity index (χ3v) is 6.72. The van der Waals surface area contributed by atoms with Gasteiger partial charge in [-0.05, 0) is 49.3 Å². The molecule has 2 aliphatic rings. The van der Waals surface area contributed by atoms with Gasteiger partial charge in [0.25, 0.3) is 0 Å². The van der Waals surface area contributed by atoms with E-state index < -0.39 is 0 Å². The largest absolute Gasteiger partial charge is 0.338 e. The van der Waals surface area contributed by atoms with Gasteiger partial charge in [-0.25, -0.2) is 0 Å². The van der Waals surface area contributed by atoms with Crippen LogP contribution in [0.15, 0.2) is 54.6 Å². The Morgan fingerprint density at radius 1 is 0.781 bits per heavy atom. The molecule has 1 fully saturated rings. The van der Waals surface area contributed by atoms with Crippen LogP contribution in [0.1, 0.15) is 68.9 Å². The summed E-state index contributed by atoms with van der Waals surface area (Å²) in [5.74, 6) is 0.676. The maximum atomic E-state index is 13.2. The molecule has 170 valence electrons. The van der Waals surface area contributed by atoms with Crippen molar-refractivity contribution in [1.29, 1.82) is 0 Å². The topological polar surface area (TPSA) is 40.6 Å². The summed E-state index contributed by atoms with van der Waals surface area (Å²) in [5.41, 5.74) is 3.30. The fourth-order valence-electron chi connectivity index (χ4n) is 4.64. The Balaban J connectivity index is 1.54. The number of para-hydroxylation sites is 1. The minimum absolute atomic E-state index is 0.197. The lowest BCUT2D eigenvalue weighted by Crippen LogP contribution is -2.36. The lowest BCUT2D eigenvalue weighted by Gasteiger charge is -2.28. The summed E-state index contributed by atoms with van der Waals surface area (Å²) in [4.78, 5) is 30.4. The summed E-state index contributed by atoms with van der Waals surface area (Å²) < 4.78 is 0. The number of rotatable bonds is 4. The monoisotopic (exact) mass is 432 g/mol. The summed E-state index contributed by atoms with van der Waals surface area (Å²) in [5, 5.41) is 0. The van der Waals surface area contributed by atoms with Crippen LogP contribution in [0.5, 0.6) is 0 Å². The molecule has 2 aromatic carbocycles. The number of nitrogens with zero attached hydrogens (tertiary/aromatic N) is 2. The van der Waals surface area contributed by atoms with Crippen molar-refractivity contribution in [1.82, 2.24) is 4.90 Å². The molecule has 0 radical (unpaired) electrons. The van der Waals surface area contributed by atoms with Gasteiger partial charge in [0.2, 0.25) is 11.8 Å². The van der Waals surface area contributed by atoms with Crippen molar-refractivity contribution in [3.63, 3.8) is 0 Å². The first-order valence-corrected chi connectivity index (χ1v) is 12.4. The Kier molecular flexibility index (Phi) is 7.97. The number of fused-ring (bicyclic) bond motifs is 1. The van der Waals surface area contributed by atoms with E-state index in [-0.39, 0.29) is 17.7 Å². The van der Waals surface area contributed by atoms with Crippen LogP contribution in [0.3, 0.4) is 0 Å². The van der Waals surface area contributed by atoms with E-state index in [1.807, 2.05) is 40.1 Å². The molecule has 1 aliphatic carbocycles. The predicted molar refractivity (Wildman–Crippen MR) is 129 cm³/mol.